The molecule has 6 aromatic rings. The number of carbonyl (C=O) groups is 1. The number of rotatable bonds is 9. The number of pyridine rings is 1. The molecular formula is C40H39BrN4O2. The van der Waals surface area contributed by atoms with Crippen LogP contribution in [0.1, 0.15) is 45.1 Å². The second-order valence-corrected chi connectivity index (χ2v) is 13.6. The standard InChI is InChI=1S/C40H39BrN4O2/c1-43(2)18-17-35(34-15-8-13-29-12-6-7-14-33(29)34)36-27-32(41)26-30-25-31(24-28-10-4-3-5-11-28)39(42-38(30)36)44-19-21-45(22-20-44)40(46)37-16-9-23-47-37/h3-16,23,25-27,35H,17-22,24H2,1-2H3. The van der Waals surface area contributed by atoms with Crippen LogP contribution in [-0.4, -0.2) is 67.5 Å². The van der Waals surface area contributed by atoms with Crippen molar-refractivity contribution in [3.63, 3.8) is 0 Å². The summed E-state index contributed by atoms with van der Waals surface area (Å²) in [4.78, 5) is 25.2. The van der Waals surface area contributed by atoms with Gasteiger partial charge in [0.05, 0.1) is 11.8 Å². The first-order valence-electron chi connectivity index (χ1n) is 16.3. The number of nitrogens with zero attached hydrogens (tertiary/aromatic N) is 4. The van der Waals surface area contributed by atoms with Crippen molar-refractivity contribution in [1.29, 1.82) is 0 Å². The molecule has 0 N–H and O–H groups in total. The molecule has 4 aromatic carbocycles. The molecule has 1 unspecified atom stereocenters. The number of amides is 1. The molecule has 0 bridgehead atoms. The van der Waals surface area contributed by atoms with Gasteiger partial charge in [-0.1, -0.05) is 88.7 Å². The Bertz CT molecular complexity index is 2000. The number of furan rings is 1. The van der Waals surface area contributed by atoms with E-state index in [1.807, 2.05) is 4.90 Å². The van der Waals surface area contributed by atoms with Gasteiger partial charge >= 0.3 is 0 Å². The topological polar surface area (TPSA) is 52.8 Å². The minimum absolute atomic E-state index is 0.0587. The van der Waals surface area contributed by atoms with Gasteiger partial charge in [0.15, 0.2) is 5.76 Å². The Morgan fingerprint density at radius 1 is 0.851 bits per heavy atom. The Morgan fingerprint density at radius 2 is 1.62 bits per heavy atom. The van der Waals surface area contributed by atoms with E-state index in [0.29, 0.717) is 31.9 Å². The number of halogens is 1. The lowest BCUT2D eigenvalue weighted by Gasteiger charge is -2.36. The second-order valence-electron chi connectivity index (χ2n) is 12.7. The highest BCUT2D eigenvalue weighted by Crippen LogP contribution is 2.40. The van der Waals surface area contributed by atoms with Gasteiger partial charge in [-0.25, -0.2) is 4.98 Å². The predicted octanol–water partition coefficient (Wildman–Crippen LogP) is 8.38. The molecule has 47 heavy (non-hydrogen) atoms. The van der Waals surface area contributed by atoms with Crippen molar-refractivity contribution < 1.29 is 9.21 Å². The first-order valence-corrected chi connectivity index (χ1v) is 17.1. The van der Waals surface area contributed by atoms with E-state index in [4.69, 9.17) is 9.40 Å². The van der Waals surface area contributed by atoms with Crippen molar-refractivity contribution in [1.82, 2.24) is 14.8 Å². The minimum Gasteiger partial charge on any atom is -0.459 e. The lowest BCUT2D eigenvalue weighted by molar-refractivity contribution is 0.0714. The third-order valence-corrected chi connectivity index (χ3v) is 9.70. The van der Waals surface area contributed by atoms with Crippen LogP contribution in [0, 0.1) is 0 Å². The molecule has 2 aromatic heterocycles. The molecular weight excluding hydrogens is 648 g/mol. The van der Waals surface area contributed by atoms with Gasteiger partial charge in [-0.05, 0) is 90.4 Å². The highest BCUT2D eigenvalue weighted by Gasteiger charge is 2.27. The van der Waals surface area contributed by atoms with Gasteiger partial charge in [0, 0.05) is 48.4 Å². The van der Waals surface area contributed by atoms with E-state index in [-0.39, 0.29) is 11.8 Å². The maximum absolute atomic E-state index is 13.1. The van der Waals surface area contributed by atoms with Crippen LogP contribution in [0.2, 0.25) is 0 Å². The summed E-state index contributed by atoms with van der Waals surface area (Å²) in [5.41, 5.74) is 6.02. The summed E-state index contributed by atoms with van der Waals surface area (Å²) in [5.74, 6) is 1.47. The summed E-state index contributed by atoms with van der Waals surface area (Å²) in [5, 5.41) is 3.66. The number of hydrogen-bond donors (Lipinski definition) is 0. The lowest BCUT2D eigenvalue weighted by atomic mass is 9.84. The van der Waals surface area contributed by atoms with Gasteiger partial charge in [-0.2, -0.15) is 0 Å². The monoisotopic (exact) mass is 686 g/mol. The van der Waals surface area contributed by atoms with Crippen LogP contribution in [0.5, 0.6) is 0 Å². The molecule has 3 heterocycles. The molecule has 7 rings (SSSR count). The molecule has 1 aliphatic rings. The maximum Gasteiger partial charge on any atom is 0.289 e. The maximum atomic E-state index is 13.1. The molecule has 1 fully saturated rings. The number of aromatic nitrogens is 1. The zero-order valence-electron chi connectivity index (χ0n) is 26.9. The van der Waals surface area contributed by atoms with Crippen molar-refractivity contribution in [3.8, 4) is 0 Å². The molecule has 1 saturated heterocycles. The zero-order chi connectivity index (χ0) is 32.3. The fourth-order valence-corrected chi connectivity index (χ4v) is 7.39. The van der Waals surface area contributed by atoms with Gasteiger partial charge in [0.1, 0.15) is 5.82 Å². The highest BCUT2D eigenvalue weighted by molar-refractivity contribution is 9.10. The number of carbonyl (C=O) groups excluding carboxylic acids is 1. The van der Waals surface area contributed by atoms with Crippen LogP contribution >= 0.6 is 15.9 Å². The van der Waals surface area contributed by atoms with Crippen LogP contribution in [0.15, 0.2) is 118 Å². The van der Waals surface area contributed by atoms with E-state index in [9.17, 15) is 4.79 Å². The largest absolute Gasteiger partial charge is 0.459 e. The first-order chi connectivity index (χ1) is 22.9. The number of piperazine rings is 1. The first kappa shape index (κ1) is 31.2. The van der Waals surface area contributed by atoms with Gasteiger partial charge in [-0.15, -0.1) is 0 Å². The van der Waals surface area contributed by atoms with Crippen LogP contribution in [0.25, 0.3) is 21.7 Å². The molecule has 1 atom stereocenters. The SMILES string of the molecule is CN(C)CCC(c1cccc2ccccc12)c1cc(Br)cc2cc(Cc3ccccc3)c(N3CCN(C(=O)c4ccco4)CC3)nc12. The third kappa shape index (κ3) is 6.69. The van der Waals surface area contributed by atoms with Crippen molar-refractivity contribution in [2.75, 3.05) is 51.7 Å². The Labute approximate surface area is 284 Å². The van der Waals surface area contributed by atoms with Gasteiger partial charge in [-0.3, -0.25) is 4.79 Å². The predicted molar refractivity (Wildman–Crippen MR) is 194 cm³/mol. The molecule has 0 spiro atoms. The number of anilines is 1. The normalized spacial score (nSPS) is 14.3. The van der Waals surface area contributed by atoms with E-state index in [1.54, 1.807) is 18.4 Å². The van der Waals surface area contributed by atoms with Crippen LogP contribution in [0.4, 0.5) is 5.82 Å². The summed E-state index contributed by atoms with van der Waals surface area (Å²) < 4.78 is 6.47. The van der Waals surface area contributed by atoms with Crippen molar-refractivity contribution in [2.45, 2.75) is 18.8 Å². The fraction of sp³-hybridized carbons (Fsp3) is 0.250. The van der Waals surface area contributed by atoms with E-state index in [2.05, 4.69) is 131 Å². The smallest absolute Gasteiger partial charge is 0.289 e. The Balaban J connectivity index is 1.34. The quantitative estimate of drug-likeness (QED) is 0.153. The number of hydrogen-bond acceptors (Lipinski definition) is 5. The molecule has 6 nitrogen and oxygen atoms in total. The second kappa shape index (κ2) is 13.7. The lowest BCUT2D eigenvalue weighted by Crippen LogP contribution is -2.49. The van der Waals surface area contributed by atoms with Crippen molar-refractivity contribution in [3.05, 3.63) is 142 Å². The van der Waals surface area contributed by atoms with Crippen molar-refractivity contribution in [2.24, 2.45) is 0 Å². The Morgan fingerprint density at radius 3 is 2.38 bits per heavy atom. The number of benzene rings is 4. The number of fused-ring (bicyclic) bond motifs is 2. The highest BCUT2D eigenvalue weighted by atomic mass is 79.9. The summed E-state index contributed by atoms with van der Waals surface area (Å²) >= 11 is 3.88. The van der Waals surface area contributed by atoms with Gasteiger partial charge in [0.25, 0.3) is 5.91 Å². The summed E-state index contributed by atoms with van der Waals surface area (Å²) in [6, 6.07) is 36.3. The molecule has 238 valence electrons. The molecule has 7 heteroatoms. The minimum atomic E-state index is -0.0587. The summed E-state index contributed by atoms with van der Waals surface area (Å²) in [7, 11) is 4.28. The molecule has 1 aliphatic heterocycles. The average molecular weight is 688 g/mol. The van der Waals surface area contributed by atoms with E-state index in [0.717, 1.165) is 40.6 Å². The van der Waals surface area contributed by atoms with Gasteiger partial charge < -0.3 is 19.1 Å². The Kier molecular flexibility index (Phi) is 9.09. The summed E-state index contributed by atoms with van der Waals surface area (Å²) in [6.07, 6.45) is 3.29. The summed E-state index contributed by atoms with van der Waals surface area (Å²) in [6.45, 7) is 3.57. The zero-order valence-corrected chi connectivity index (χ0v) is 28.5. The van der Waals surface area contributed by atoms with E-state index in [1.165, 1.54) is 33.0 Å². The molecule has 0 saturated carbocycles. The van der Waals surface area contributed by atoms with Crippen molar-refractivity contribution >= 4 is 49.3 Å². The average Bonchev–Trinajstić information content (AvgIpc) is 3.64. The molecule has 0 aliphatic carbocycles. The Hall–Kier alpha value is -4.46. The van der Waals surface area contributed by atoms with Crippen LogP contribution in [-0.2, 0) is 6.42 Å². The van der Waals surface area contributed by atoms with E-state index >= 15 is 0 Å². The third-order valence-electron chi connectivity index (χ3n) is 9.24. The van der Waals surface area contributed by atoms with Crippen LogP contribution < -0.4 is 4.90 Å². The van der Waals surface area contributed by atoms with Crippen LogP contribution in [0.3, 0.4) is 0 Å². The molecule has 0 radical (unpaired) electrons. The fourth-order valence-electron chi connectivity index (χ4n) is 6.89. The molecule has 1 amide bonds. The van der Waals surface area contributed by atoms with Gasteiger partial charge in [0.2, 0.25) is 0 Å². The van der Waals surface area contributed by atoms with E-state index < -0.39 is 0 Å².